The molecular weight excluding hydrogens is 348 g/mol. The number of thioether (sulfide) groups is 1. The van der Waals surface area contributed by atoms with E-state index in [0.717, 1.165) is 24.2 Å². The second-order valence-electron chi connectivity index (χ2n) is 6.55. The van der Waals surface area contributed by atoms with Crippen molar-refractivity contribution in [2.45, 2.75) is 44.6 Å². The number of carbonyl (C=O) groups is 2. The molecule has 0 aliphatic carbocycles. The molecule has 1 aromatic heterocycles. The SMILES string of the molecule is CCC[C@H](C)NC(=O)c1ccc([C@H]2SCC(=O)N2Cc2ccco2)cc1. The summed E-state index contributed by atoms with van der Waals surface area (Å²) >= 11 is 1.60. The highest BCUT2D eigenvalue weighted by atomic mass is 32.2. The van der Waals surface area contributed by atoms with Gasteiger partial charge in [0.2, 0.25) is 5.91 Å². The summed E-state index contributed by atoms with van der Waals surface area (Å²) in [5.74, 6) is 1.28. The van der Waals surface area contributed by atoms with Gasteiger partial charge in [-0.1, -0.05) is 25.5 Å². The quantitative estimate of drug-likeness (QED) is 0.799. The van der Waals surface area contributed by atoms with Crippen molar-refractivity contribution in [1.82, 2.24) is 10.2 Å². The van der Waals surface area contributed by atoms with Gasteiger partial charge in [0.25, 0.3) is 5.91 Å². The van der Waals surface area contributed by atoms with Gasteiger partial charge >= 0.3 is 0 Å². The van der Waals surface area contributed by atoms with Crippen LogP contribution in [0, 0.1) is 0 Å². The number of furan rings is 1. The Hall–Kier alpha value is -2.21. The summed E-state index contributed by atoms with van der Waals surface area (Å²) < 4.78 is 5.38. The Balaban J connectivity index is 1.69. The molecule has 1 aromatic carbocycles. The van der Waals surface area contributed by atoms with Crippen molar-refractivity contribution in [2.24, 2.45) is 0 Å². The first-order valence-electron chi connectivity index (χ1n) is 8.92. The number of nitrogens with one attached hydrogen (secondary N) is 1. The minimum absolute atomic E-state index is 0.0521. The number of benzene rings is 1. The molecular formula is C20H24N2O3S. The van der Waals surface area contributed by atoms with Gasteiger partial charge in [0.05, 0.1) is 18.6 Å². The van der Waals surface area contributed by atoms with Crippen LogP contribution in [0.4, 0.5) is 0 Å². The third kappa shape index (κ3) is 4.30. The fourth-order valence-corrected chi connectivity index (χ4v) is 4.27. The van der Waals surface area contributed by atoms with Crippen LogP contribution in [0.25, 0.3) is 0 Å². The van der Waals surface area contributed by atoms with Crippen LogP contribution in [-0.4, -0.2) is 28.5 Å². The van der Waals surface area contributed by atoms with E-state index < -0.39 is 0 Å². The predicted molar refractivity (Wildman–Crippen MR) is 103 cm³/mol. The average molecular weight is 372 g/mol. The summed E-state index contributed by atoms with van der Waals surface area (Å²) in [5, 5.41) is 2.96. The van der Waals surface area contributed by atoms with E-state index in [1.807, 2.05) is 48.2 Å². The van der Waals surface area contributed by atoms with Crippen molar-refractivity contribution >= 4 is 23.6 Å². The lowest BCUT2D eigenvalue weighted by molar-refractivity contribution is -0.128. The third-order valence-electron chi connectivity index (χ3n) is 4.43. The molecule has 1 aliphatic rings. The van der Waals surface area contributed by atoms with E-state index >= 15 is 0 Å². The maximum atomic E-state index is 12.3. The Labute approximate surface area is 158 Å². The van der Waals surface area contributed by atoms with Crippen LogP contribution >= 0.6 is 11.8 Å². The van der Waals surface area contributed by atoms with E-state index in [-0.39, 0.29) is 23.2 Å². The smallest absolute Gasteiger partial charge is 0.251 e. The Morgan fingerprint density at radius 3 is 2.77 bits per heavy atom. The van der Waals surface area contributed by atoms with Crippen molar-refractivity contribution < 1.29 is 14.0 Å². The van der Waals surface area contributed by atoms with Gasteiger partial charge in [-0.25, -0.2) is 0 Å². The first-order valence-corrected chi connectivity index (χ1v) is 9.97. The molecule has 0 radical (unpaired) electrons. The molecule has 2 aromatic rings. The number of nitrogens with zero attached hydrogens (tertiary/aromatic N) is 1. The molecule has 6 heteroatoms. The van der Waals surface area contributed by atoms with Crippen LogP contribution in [0.2, 0.25) is 0 Å². The van der Waals surface area contributed by atoms with Gasteiger partial charge in [0.1, 0.15) is 11.1 Å². The molecule has 0 unspecified atom stereocenters. The molecule has 0 bridgehead atoms. The van der Waals surface area contributed by atoms with Crippen molar-refractivity contribution in [2.75, 3.05) is 5.75 Å². The lowest BCUT2D eigenvalue weighted by Crippen LogP contribution is -2.32. The van der Waals surface area contributed by atoms with Crippen molar-refractivity contribution in [3.8, 4) is 0 Å². The highest BCUT2D eigenvalue weighted by Crippen LogP contribution is 2.39. The van der Waals surface area contributed by atoms with E-state index in [1.54, 1.807) is 18.0 Å². The fraction of sp³-hybridized carbons (Fsp3) is 0.400. The molecule has 0 spiro atoms. The maximum absolute atomic E-state index is 12.3. The van der Waals surface area contributed by atoms with Crippen molar-refractivity contribution in [3.63, 3.8) is 0 Å². The number of hydrogen-bond donors (Lipinski definition) is 1. The standard InChI is InChI=1S/C20H24N2O3S/c1-3-5-14(2)21-19(24)15-7-9-16(10-8-15)20-22(18(23)13-26-20)12-17-6-4-11-25-17/h4,6-11,14,20H,3,5,12-13H2,1-2H3,(H,21,24)/t14-,20+/m0/s1. The van der Waals surface area contributed by atoms with E-state index in [0.29, 0.717) is 17.9 Å². The van der Waals surface area contributed by atoms with E-state index in [2.05, 4.69) is 12.2 Å². The van der Waals surface area contributed by atoms with Crippen molar-refractivity contribution in [3.05, 3.63) is 59.5 Å². The van der Waals surface area contributed by atoms with Gasteiger partial charge in [-0.3, -0.25) is 9.59 Å². The van der Waals surface area contributed by atoms with E-state index in [4.69, 9.17) is 4.42 Å². The van der Waals surface area contributed by atoms with E-state index in [9.17, 15) is 9.59 Å². The molecule has 3 rings (SSSR count). The zero-order valence-corrected chi connectivity index (χ0v) is 15.9. The Kier molecular flexibility index (Phi) is 6.04. The molecule has 2 heterocycles. The van der Waals surface area contributed by atoms with Gasteiger partial charge in [-0.2, -0.15) is 0 Å². The van der Waals surface area contributed by atoms with Crippen LogP contribution in [0.1, 0.15) is 53.7 Å². The summed E-state index contributed by atoms with van der Waals surface area (Å²) in [5.41, 5.74) is 1.66. The van der Waals surface area contributed by atoms with Gasteiger partial charge in [0, 0.05) is 11.6 Å². The summed E-state index contributed by atoms with van der Waals surface area (Å²) in [7, 11) is 0. The summed E-state index contributed by atoms with van der Waals surface area (Å²) in [6.45, 7) is 4.58. The predicted octanol–water partition coefficient (Wildman–Crippen LogP) is 3.97. The molecule has 1 fully saturated rings. The highest BCUT2D eigenvalue weighted by molar-refractivity contribution is 8.00. The Bertz CT molecular complexity index is 743. The van der Waals surface area contributed by atoms with Gasteiger partial charge in [-0.05, 0) is 43.2 Å². The molecule has 2 atom stereocenters. The largest absolute Gasteiger partial charge is 0.467 e. The van der Waals surface area contributed by atoms with Gasteiger partial charge in [0.15, 0.2) is 0 Å². The summed E-state index contributed by atoms with van der Waals surface area (Å²) in [4.78, 5) is 26.4. The molecule has 5 nitrogen and oxygen atoms in total. The van der Waals surface area contributed by atoms with Crippen LogP contribution < -0.4 is 5.32 Å². The minimum Gasteiger partial charge on any atom is -0.467 e. The molecule has 26 heavy (non-hydrogen) atoms. The lowest BCUT2D eigenvalue weighted by Gasteiger charge is -2.23. The monoisotopic (exact) mass is 372 g/mol. The zero-order chi connectivity index (χ0) is 18.5. The van der Waals surface area contributed by atoms with Crippen LogP contribution in [0.3, 0.4) is 0 Å². The molecule has 1 saturated heterocycles. The van der Waals surface area contributed by atoms with Crippen LogP contribution in [-0.2, 0) is 11.3 Å². The molecule has 2 amide bonds. The summed E-state index contributed by atoms with van der Waals surface area (Å²) in [6.07, 6.45) is 3.62. The second kappa shape index (κ2) is 8.45. The molecule has 1 N–H and O–H groups in total. The Morgan fingerprint density at radius 2 is 2.12 bits per heavy atom. The lowest BCUT2D eigenvalue weighted by atomic mass is 10.1. The average Bonchev–Trinajstić information content (AvgIpc) is 3.26. The second-order valence-corrected chi connectivity index (χ2v) is 7.62. The first-order chi connectivity index (χ1) is 12.6. The molecule has 0 saturated carbocycles. The minimum atomic E-state index is -0.0555. The topological polar surface area (TPSA) is 62.6 Å². The molecule has 1 aliphatic heterocycles. The number of amides is 2. The normalized spacial score (nSPS) is 18.2. The van der Waals surface area contributed by atoms with Crippen LogP contribution in [0.5, 0.6) is 0 Å². The maximum Gasteiger partial charge on any atom is 0.251 e. The number of hydrogen-bond acceptors (Lipinski definition) is 4. The highest BCUT2D eigenvalue weighted by Gasteiger charge is 2.33. The number of rotatable bonds is 7. The Morgan fingerprint density at radius 1 is 1.35 bits per heavy atom. The van der Waals surface area contributed by atoms with Crippen LogP contribution in [0.15, 0.2) is 47.1 Å². The zero-order valence-electron chi connectivity index (χ0n) is 15.1. The third-order valence-corrected chi connectivity index (χ3v) is 5.69. The number of carbonyl (C=O) groups excluding carboxylic acids is 2. The van der Waals surface area contributed by atoms with Gasteiger partial charge < -0.3 is 14.6 Å². The first kappa shape index (κ1) is 18.6. The van der Waals surface area contributed by atoms with E-state index in [1.165, 1.54) is 0 Å². The van der Waals surface area contributed by atoms with Gasteiger partial charge in [-0.15, -0.1) is 11.8 Å². The molecule has 138 valence electrons. The van der Waals surface area contributed by atoms with Crippen molar-refractivity contribution in [1.29, 1.82) is 0 Å². The fourth-order valence-electron chi connectivity index (χ4n) is 3.08. The summed E-state index contributed by atoms with van der Waals surface area (Å²) in [6, 6.07) is 11.4.